The number of rotatable bonds is 7. The molecule has 1 aromatic carbocycles. The van der Waals surface area contributed by atoms with Crippen LogP contribution in [0.15, 0.2) is 12.1 Å². The summed E-state index contributed by atoms with van der Waals surface area (Å²) in [6.45, 7) is 4.53. The summed E-state index contributed by atoms with van der Waals surface area (Å²) in [5.41, 5.74) is -0.682. The van der Waals surface area contributed by atoms with Gasteiger partial charge in [0.1, 0.15) is 5.54 Å². The van der Waals surface area contributed by atoms with Crippen LogP contribution in [-0.4, -0.2) is 38.2 Å². The van der Waals surface area contributed by atoms with Crippen molar-refractivity contribution < 1.29 is 23.8 Å². The van der Waals surface area contributed by atoms with E-state index in [4.69, 9.17) is 25.8 Å². The number of carbonyl (C=O) groups is 2. The SMILES string of the molecule is COC(=O)C1(NC(=O)c2cc(Cl)c(OCC(C)C)c(OC)c2)CCCCC1. The van der Waals surface area contributed by atoms with Crippen LogP contribution in [0.5, 0.6) is 11.5 Å². The number of ether oxygens (including phenoxy) is 3. The smallest absolute Gasteiger partial charge is 0.331 e. The quantitative estimate of drug-likeness (QED) is 0.704. The Labute approximate surface area is 165 Å². The van der Waals surface area contributed by atoms with Crippen LogP contribution < -0.4 is 14.8 Å². The second kappa shape index (κ2) is 9.31. The van der Waals surface area contributed by atoms with Crippen molar-refractivity contribution in [3.8, 4) is 11.5 Å². The highest BCUT2D eigenvalue weighted by molar-refractivity contribution is 6.32. The average molecular weight is 398 g/mol. The van der Waals surface area contributed by atoms with Crippen molar-refractivity contribution in [3.05, 3.63) is 22.7 Å². The van der Waals surface area contributed by atoms with Crippen molar-refractivity contribution in [2.45, 2.75) is 51.5 Å². The van der Waals surface area contributed by atoms with Gasteiger partial charge in [-0.05, 0) is 30.9 Å². The molecule has 0 aromatic heterocycles. The predicted octanol–water partition coefficient (Wildman–Crippen LogP) is 3.99. The topological polar surface area (TPSA) is 73.9 Å². The molecule has 0 atom stereocenters. The summed E-state index contributed by atoms with van der Waals surface area (Å²) >= 11 is 6.33. The Kier molecular flexibility index (Phi) is 7.36. The van der Waals surface area contributed by atoms with Gasteiger partial charge in [0.25, 0.3) is 5.91 Å². The van der Waals surface area contributed by atoms with Gasteiger partial charge in [0.15, 0.2) is 11.5 Å². The molecular weight excluding hydrogens is 370 g/mol. The lowest BCUT2D eigenvalue weighted by Crippen LogP contribution is -2.56. The Balaban J connectivity index is 2.27. The fourth-order valence-corrected chi connectivity index (χ4v) is 3.53. The summed E-state index contributed by atoms with van der Waals surface area (Å²) in [4.78, 5) is 25.2. The molecule has 1 fully saturated rings. The standard InChI is InChI=1S/C20H28ClNO5/c1-13(2)12-27-17-15(21)10-14(11-16(17)25-3)18(23)22-20(19(24)26-4)8-6-5-7-9-20/h10-11,13H,5-9,12H2,1-4H3,(H,22,23). The maximum atomic E-state index is 12.9. The summed E-state index contributed by atoms with van der Waals surface area (Å²) in [7, 11) is 2.83. The van der Waals surface area contributed by atoms with Crippen LogP contribution >= 0.6 is 11.6 Å². The minimum atomic E-state index is -0.989. The van der Waals surface area contributed by atoms with Crippen LogP contribution in [0.25, 0.3) is 0 Å². The lowest BCUT2D eigenvalue weighted by Gasteiger charge is -2.35. The summed E-state index contributed by atoms with van der Waals surface area (Å²) in [6, 6.07) is 3.10. The summed E-state index contributed by atoms with van der Waals surface area (Å²) in [5, 5.41) is 3.17. The molecule has 6 nitrogen and oxygen atoms in total. The van der Waals surface area contributed by atoms with E-state index in [9.17, 15) is 9.59 Å². The average Bonchev–Trinajstić information content (AvgIpc) is 2.66. The van der Waals surface area contributed by atoms with Crippen LogP contribution in [0, 0.1) is 5.92 Å². The molecule has 1 aromatic rings. The molecule has 0 spiro atoms. The molecule has 1 saturated carbocycles. The van der Waals surface area contributed by atoms with Crippen LogP contribution in [0.3, 0.4) is 0 Å². The molecule has 0 unspecified atom stereocenters. The van der Waals surface area contributed by atoms with Gasteiger partial charge in [0, 0.05) is 5.56 Å². The van der Waals surface area contributed by atoms with Crippen LogP contribution in [-0.2, 0) is 9.53 Å². The number of carbonyl (C=O) groups excluding carboxylic acids is 2. The molecule has 1 amide bonds. The third kappa shape index (κ3) is 5.06. The van der Waals surface area contributed by atoms with E-state index in [-0.39, 0.29) is 5.02 Å². The largest absolute Gasteiger partial charge is 0.493 e. The van der Waals surface area contributed by atoms with Crippen LogP contribution in [0.4, 0.5) is 0 Å². The first-order chi connectivity index (χ1) is 12.8. The van der Waals surface area contributed by atoms with Crippen molar-refractivity contribution in [2.24, 2.45) is 5.92 Å². The summed E-state index contributed by atoms with van der Waals surface area (Å²) in [5.74, 6) is 0.303. The monoisotopic (exact) mass is 397 g/mol. The van der Waals surface area contributed by atoms with Gasteiger partial charge in [-0.15, -0.1) is 0 Å². The van der Waals surface area contributed by atoms with Gasteiger partial charge in [-0.1, -0.05) is 44.7 Å². The zero-order valence-electron chi connectivity index (χ0n) is 16.4. The van der Waals surface area contributed by atoms with Gasteiger partial charge in [0.2, 0.25) is 0 Å². The van der Waals surface area contributed by atoms with Crippen molar-refractivity contribution in [2.75, 3.05) is 20.8 Å². The zero-order valence-corrected chi connectivity index (χ0v) is 17.1. The first kappa shape index (κ1) is 21.4. The molecule has 1 aliphatic carbocycles. The zero-order chi connectivity index (χ0) is 20.0. The van der Waals surface area contributed by atoms with Crippen molar-refractivity contribution in [1.29, 1.82) is 0 Å². The van der Waals surface area contributed by atoms with E-state index in [1.54, 1.807) is 6.07 Å². The molecular formula is C20H28ClNO5. The first-order valence-corrected chi connectivity index (χ1v) is 9.62. The van der Waals surface area contributed by atoms with E-state index in [0.717, 1.165) is 19.3 Å². The van der Waals surface area contributed by atoms with E-state index >= 15 is 0 Å². The van der Waals surface area contributed by atoms with Crippen LogP contribution in [0.1, 0.15) is 56.3 Å². The molecule has 0 radical (unpaired) electrons. The van der Waals surface area contributed by atoms with Gasteiger partial charge in [-0.3, -0.25) is 4.79 Å². The second-order valence-electron chi connectivity index (χ2n) is 7.28. The van der Waals surface area contributed by atoms with Gasteiger partial charge in [0.05, 0.1) is 25.8 Å². The molecule has 0 heterocycles. The molecule has 1 N–H and O–H groups in total. The predicted molar refractivity (Wildman–Crippen MR) is 104 cm³/mol. The Morgan fingerprint density at radius 2 is 1.85 bits per heavy atom. The van der Waals surface area contributed by atoms with Gasteiger partial charge in [-0.25, -0.2) is 4.79 Å². The minimum Gasteiger partial charge on any atom is -0.493 e. The highest BCUT2D eigenvalue weighted by Crippen LogP contribution is 2.37. The Bertz CT molecular complexity index is 683. The third-order valence-electron chi connectivity index (χ3n) is 4.69. The van der Waals surface area contributed by atoms with Crippen LogP contribution in [0.2, 0.25) is 5.02 Å². The maximum Gasteiger partial charge on any atom is 0.331 e. The number of amides is 1. The highest BCUT2D eigenvalue weighted by atomic mass is 35.5. The number of hydrogen-bond acceptors (Lipinski definition) is 5. The van der Waals surface area contributed by atoms with E-state index in [1.807, 2.05) is 13.8 Å². The number of halogens is 1. The lowest BCUT2D eigenvalue weighted by molar-refractivity contribution is -0.149. The number of methoxy groups -OCH3 is 2. The number of esters is 1. The van der Waals surface area contributed by atoms with E-state index in [2.05, 4.69) is 5.32 Å². The fourth-order valence-electron chi connectivity index (χ4n) is 3.26. The Hall–Kier alpha value is -1.95. The minimum absolute atomic E-state index is 0.288. The van der Waals surface area contributed by atoms with Gasteiger partial charge in [-0.2, -0.15) is 0 Å². The molecule has 7 heteroatoms. The number of benzene rings is 1. The highest BCUT2D eigenvalue weighted by Gasteiger charge is 2.42. The molecule has 27 heavy (non-hydrogen) atoms. The molecule has 150 valence electrons. The van der Waals surface area contributed by atoms with Gasteiger partial charge < -0.3 is 19.5 Å². The fraction of sp³-hybridized carbons (Fsp3) is 0.600. The molecule has 1 aliphatic rings. The van der Waals surface area contributed by atoms with E-state index in [1.165, 1.54) is 20.3 Å². The second-order valence-corrected chi connectivity index (χ2v) is 7.69. The van der Waals surface area contributed by atoms with Crippen molar-refractivity contribution >= 4 is 23.5 Å². The Morgan fingerprint density at radius 3 is 2.41 bits per heavy atom. The summed E-state index contributed by atoms with van der Waals surface area (Å²) in [6.07, 6.45) is 3.89. The molecule has 2 rings (SSSR count). The van der Waals surface area contributed by atoms with E-state index in [0.29, 0.717) is 42.4 Å². The maximum absolute atomic E-state index is 12.9. The Morgan fingerprint density at radius 1 is 1.19 bits per heavy atom. The number of nitrogens with one attached hydrogen (secondary N) is 1. The van der Waals surface area contributed by atoms with Crippen molar-refractivity contribution in [3.63, 3.8) is 0 Å². The van der Waals surface area contributed by atoms with Crippen molar-refractivity contribution in [1.82, 2.24) is 5.32 Å². The lowest BCUT2D eigenvalue weighted by atomic mass is 9.81. The normalized spacial score (nSPS) is 15.9. The molecule has 0 bridgehead atoms. The molecule has 0 aliphatic heterocycles. The van der Waals surface area contributed by atoms with Gasteiger partial charge >= 0.3 is 5.97 Å². The third-order valence-corrected chi connectivity index (χ3v) is 4.97. The van der Waals surface area contributed by atoms with E-state index < -0.39 is 17.4 Å². The molecule has 0 saturated heterocycles. The first-order valence-electron chi connectivity index (χ1n) is 9.24. The summed E-state index contributed by atoms with van der Waals surface area (Å²) < 4.78 is 16.0. The number of hydrogen-bond donors (Lipinski definition) is 1.